The van der Waals surface area contributed by atoms with Gasteiger partial charge in [0.2, 0.25) is 5.75 Å². The lowest BCUT2D eigenvalue weighted by molar-refractivity contribution is -0.386. The fraction of sp³-hybridized carbons (Fsp3) is 0.333. The third kappa shape index (κ3) is 3.04. The number of para-hydroxylation sites is 1. The number of nitrogens with zero attached hydrogens (tertiary/aromatic N) is 1. The molecule has 0 saturated heterocycles. The molecule has 0 aliphatic heterocycles. The van der Waals surface area contributed by atoms with Crippen LogP contribution in [0.15, 0.2) is 18.2 Å². The lowest BCUT2D eigenvalue weighted by atomic mass is 10.3. The maximum Gasteiger partial charge on any atom is 0.314 e. The van der Waals surface area contributed by atoms with Crippen LogP contribution in [0.25, 0.3) is 0 Å². The molecule has 88 valence electrons. The number of halogens is 2. The Balaban J connectivity index is 2.88. The van der Waals surface area contributed by atoms with Crippen molar-refractivity contribution >= 4 is 17.3 Å². The van der Waals surface area contributed by atoms with Gasteiger partial charge in [-0.25, -0.2) is 4.39 Å². The highest BCUT2D eigenvalue weighted by atomic mass is 35.5. The van der Waals surface area contributed by atoms with Gasteiger partial charge in [-0.15, -0.1) is 11.6 Å². The number of nitro groups is 1. The number of aliphatic hydroxyl groups excluding tert-OH is 1. The average molecular weight is 250 g/mol. The van der Waals surface area contributed by atoms with E-state index in [1.54, 1.807) is 0 Å². The van der Waals surface area contributed by atoms with Crippen molar-refractivity contribution in [2.75, 3.05) is 12.5 Å². The molecule has 1 rings (SSSR count). The summed E-state index contributed by atoms with van der Waals surface area (Å²) in [5.41, 5.74) is -0.484. The van der Waals surface area contributed by atoms with Crippen molar-refractivity contribution in [3.63, 3.8) is 0 Å². The minimum atomic E-state index is -0.999. The van der Waals surface area contributed by atoms with Crippen molar-refractivity contribution in [1.29, 1.82) is 0 Å². The normalized spacial score (nSPS) is 12.2. The summed E-state index contributed by atoms with van der Waals surface area (Å²) < 4.78 is 18.1. The smallest absolute Gasteiger partial charge is 0.314 e. The predicted octanol–water partition coefficient (Wildman–Crippen LogP) is 1.71. The Bertz CT molecular complexity index is 388. The van der Waals surface area contributed by atoms with Crippen LogP contribution in [0, 0.1) is 15.9 Å². The quantitative estimate of drug-likeness (QED) is 0.490. The zero-order valence-corrected chi connectivity index (χ0v) is 8.85. The predicted molar refractivity (Wildman–Crippen MR) is 55.3 cm³/mol. The van der Waals surface area contributed by atoms with E-state index in [2.05, 4.69) is 0 Å². The van der Waals surface area contributed by atoms with Gasteiger partial charge in [0.15, 0.2) is 5.82 Å². The van der Waals surface area contributed by atoms with Gasteiger partial charge in [0, 0.05) is 6.07 Å². The molecule has 0 bridgehead atoms. The van der Waals surface area contributed by atoms with Gasteiger partial charge >= 0.3 is 5.69 Å². The molecule has 1 aromatic carbocycles. The molecular formula is C9H9ClFNO4. The van der Waals surface area contributed by atoms with Crippen LogP contribution in [0.4, 0.5) is 10.1 Å². The van der Waals surface area contributed by atoms with Crippen LogP contribution in [0.3, 0.4) is 0 Å². The summed E-state index contributed by atoms with van der Waals surface area (Å²) in [7, 11) is 0. The third-order valence-electron chi connectivity index (χ3n) is 1.74. The average Bonchev–Trinajstić information content (AvgIpc) is 2.26. The molecule has 7 heteroatoms. The van der Waals surface area contributed by atoms with Crippen molar-refractivity contribution in [2.24, 2.45) is 0 Å². The Morgan fingerprint density at radius 2 is 2.31 bits per heavy atom. The molecule has 0 spiro atoms. The molecule has 0 saturated carbocycles. The number of rotatable bonds is 5. The summed E-state index contributed by atoms with van der Waals surface area (Å²) in [6, 6.07) is 3.36. The van der Waals surface area contributed by atoms with Gasteiger partial charge in [-0.3, -0.25) is 10.1 Å². The molecule has 16 heavy (non-hydrogen) atoms. The summed E-state index contributed by atoms with van der Waals surface area (Å²) >= 11 is 5.30. The summed E-state index contributed by atoms with van der Waals surface area (Å²) in [4.78, 5) is 9.80. The van der Waals surface area contributed by atoms with E-state index >= 15 is 0 Å². The van der Waals surface area contributed by atoms with Gasteiger partial charge in [0.25, 0.3) is 0 Å². The van der Waals surface area contributed by atoms with Crippen LogP contribution in [0.1, 0.15) is 0 Å². The van der Waals surface area contributed by atoms with Crippen LogP contribution in [0.2, 0.25) is 0 Å². The van der Waals surface area contributed by atoms with E-state index in [1.807, 2.05) is 0 Å². The molecular weight excluding hydrogens is 241 g/mol. The van der Waals surface area contributed by atoms with E-state index < -0.39 is 28.3 Å². The first-order valence-electron chi connectivity index (χ1n) is 4.36. The molecule has 1 unspecified atom stereocenters. The molecule has 0 aliphatic carbocycles. The van der Waals surface area contributed by atoms with Gasteiger partial charge in [-0.2, -0.15) is 0 Å². The molecule has 1 aromatic rings. The van der Waals surface area contributed by atoms with E-state index in [0.29, 0.717) is 0 Å². The summed E-state index contributed by atoms with van der Waals surface area (Å²) in [5, 5.41) is 19.6. The molecule has 1 atom stereocenters. The molecule has 5 nitrogen and oxygen atoms in total. The summed E-state index contributed by atoms with van der Waals surface area (Å²) in [6.07, 6.45) is -0.999. The Labute approximate surface area is 95.6 Å². The molecule has 0 aromatic heterocycles. The van der Waals surface area contributed by atoms with Gasteiger partial charge < -0.3 is 9.84 Å². The second-order valence-electron chi connectivity index (χ2n) is 2.96. The largest absolute Gasteiger partial charge is 0.482 e. The molecule has 0 fully saturated rings. The standard InChI is InChI=1S/C9H9ClFNO4/c10-4-6(13)5-16-9-7(11)2-1-3-8(9)12(14)15/h1-3,6,13H,4-5H2. The first-order chi connectivity index (χ1) is 7.56. The zero-order valence-electron chi connectivity index (χ0n) is 8.10. The van der Waals surface area contributed by atoms with Gasteiger partial charge in [0.1, 0.15) is 12.7 Å². The number of nitro benzene ring substituents is 1. The van der Waals surface area contributed by atoms with E-state index in [9.17, 15) is 14.5 Å². The third-order valence-corrected chi connectivity index (χ3v) is 2.10. The number of aliphatic hydroxyl groups is 1. The maximum absolute atomic E-state index is 13.2. The molecule has 0 amide bonds. The minimum Gasteiger partial charge on any atom is -0.482 e. The van der Waals surface area contributed by atoms with Crippen LogP contribution >= 0.6 is 11.6 Å². The second kappa shape index (κ2) is 5.62. The highest BCUT2D eigenvalue weighted by molar-refractivity contribution is 6.18. The number of benzene rings is 1. The fourth-order valence-electron chi connectivity index (χ4n) is 1.01. The second-order valence-corrected chi connectivity index (χ2v) is 3.27. The van der Waals surface area contributed by atoms with Crippen LogP contribution in [-0.4, -0.2) is 28.6 Å². The SMILES string of the molecule is O=[N+]([O-])c1cccc(F)c1OCC(O)CCl. The Morgan fingerprint density at radius 1 is 1.62 bits per heavy atom. The van der Waals surface area contributed by atoms with Crippen LogP contribution in [0.5, 0.6) is 5.75 Å². The summed E-state index contributed by atoms with van der Waals surface area (Å²) in [5.74, 6) is -1.44. The van der Waals surface area contributed by atoms with Crippen molar-refractivity contribution in [3.05, 3.63) is 34.1 Å². The minimum absolute atomic E-state index is 0.0950. The van der Waals surface area contributed by atoms with Gasteiger partial charge in [-0.1, -0.05) is 6.07 Å². The van der Waals surface area contributed by atoms with Crippen molar-refractivity contribution < 1.29 is 19.2 Å². The molecule has 0 radical (unpaired) electrons. The molecule has 1 N–H and O–H groups in total. The van der Waals surface area contributed by atoms with Crippen molar-refractivity contribution in [3.8, 4) is 5.75 Å². The van der Waals surface area contributed by atoms with Crippen molar-refractivity contribution in [1.82, 2.24) is 0 Å². The lowest BCUT2D eigenvalue weighted by Gasteiger charge is -2.10. The Morgan fingerprint density at radius 3 is 2.88 bits per heavy atom. The maximum atomic E-state index is 13.2. The fourth-order valence-corrected chi connectivity index (χ4v) is 1.10. The van der Waals surface area contributed by atoms with Gasteiger partial charge in [0.05, 0.1) is 10.8 Å². The monoisotopic (exact) mass is 249 g/mol. The molecule has 0 heterocycles. The van der Waals surface area contributed by atoms with Crippen LogP contribution in [-0.2, 0) is 0 Å². The zero-order chi connectivity index (χ0) is 12.1. The van der Waals surface area contributed by atoms with E-state index in [4.69, 9.17) is 21.4 Å². The number of alkyl halides is 1. The summed E-state index contributed by atoms with van der Waals surface area (Å²) in [6.45, 7) is -0.300. The van der Waals surface area contributed by atoms with Gasteiger partial charge in [-0.05, 0) is 6.07 Å². The number of hydrogen-bond donors (Lipinski definition) is 1. The van der Waals surface area contributed by atoms with E-state index in [-0.39, 0.29) is 12.5 Å². The Kier molecular flexibility index (Phi) is 4.45. The highest BCUT2D eigenvalue weighted by Crippen LogP contribution is 2.29. The lowest BCUT2D eigenvalue weighted by Crippen LogP contribution is -2.19. The first kappa shape index (κ1) is 12.7. The van der Waals surface area contributed by atoms with E-state index in [1.165, 1.54) is 6.07 Å². The van der Waals surface area contributed by atoms with Crippen LogP contribution < -0.4 is 4.74 Å². The number of hydrogen-bond acceptors (Lipinski definition) is 4. The number of ether oxygens (including phenoxy) is 1. The Hall–Kier alpha value is -1.40. The topological polar surface area (TPSA) is 72.6 Å². The first-order valence-corrected chi connectivity index (χ1v) is 4.89. The molecule has 0 aliphatic rings. The highest BCUT2D eigenvalue weighted by Gasteiger charge is 2.20. The van der Waals surface area contributed by atoms with Crippen molar-refractivity contribution in [2.45, 2.75) is 6.10 Å². The van der Waals surface area contributed by atoms with E-state index in [0.717, 1.165) is 12.1 Å².